The van der Waals surface area contributed by atoms with Crippen molar-refractivity contribution in [2.24, 2.45) is 0 Å². The van der Waals surface area contributed by atoms with E-state index in [4.69, 9.17) is 5.26 Å². The van der Waals surface area contributed by atoms with Gasteiger partial charge in [0, 0.05) is 13.3 Å². The Morgan fingerprint density at radius 1 is 1.50 bits per heavy atom. The zero-order valence-electron chi connectivity index (χ0n) is 8.28. The lowest BCUT2D eigenvalue weighted by molar-refractivity contribution is -0.148. The SMILES string of the molecule is CCOC(=O)CCC(C#N)OC(C)=O. The minimum absolute atomic E-state index is 0.0827. The first-order valence-corrected chi connectivity index (χ1v) is 4.32. The third kappa shape index (κ3) is 6.00. The van der Waals surface area contributed by atoms with Crippen molar-refractivity contribution >= 4 is 11.9 Å². The van der Waals surface area contributed by atoms with Gasteiger partial charge in [0.15, 0.2) is 6.10 Å². The number of carbonyl (C=O) groups excluding carboxylic acids is 2. The fraction of sp³-hybridized carbons (Fsp3) is 0.667. The van der Waals surface area contributed by atoms with Crippen molar-refractivity contribution < 1.29 is 19.1 Å². The number of ether oxygens (including phenoxy) is 2. The van der Waals surface area contributed by atoms with Crippen LogP contribution in [0.4, 0.5) is 0 Å². The molecule has 5 nitrogen and oxygen atoms in total. The molecule has 0 saturated carbocycles. The molecule has 0 bridgehead atoms. The first-order chi connectivity index (χ1) is 6.60. The summed E-state index contributed by atoms with van der Waals surface area (Å²) in [5.41, 5.74) is 0. The summed E-state index contributed by atoms with van der Waals surface area (Å²) in [6.07, 6.45) is -0.606. The minimum Gasteiger partial charge on any atom is -0.466 e. The van der Waals surface area contributed by atoms with Crippen molar-refractivity contribution in [2.45, 2.75) is 32.8 Å². The number of hydrogen-bond donors (Lipinski definition) is 0. The predicted octanol–water partition coefficient (Wildman–Crippen LogP) is 0.785. The van der Waals surface area contributed by atoms with Crippen molar-refractivity contribution in [2.75, 3.05) is 6.61 Å². The summed E-state index contributed by atoms with van der Waals surface area (Å²) in [5, 5.41) is 8.54. The molecule has 0 aliphatic heterocycles. The van der Waals surface area contributed by atoms with E-state index in [9.17, 15) is 9.59 Å². The molecule has 78 valence electrons. The third-order valence-electron chi connectivity index (χ3n) is 1.37. The van der Waals surface area contributed by atoms with Crippen LogP contribution in [0.3, 0.4) is 0 Å². The molecule has 0 aliphatic carbocycles. The zero-order valence-corrected chi connectivity index (χ0v) is 8.28. The van der Waals surface area contributed by atoms with Gasteiger partial charge in [0.25, 0.3) is 0 Å². The lowest BCUT2D eigenvalue weighted by Gasteiger charge is -2.08. The molecule has 0 aromatic carbocycles. The number of hydrogen-bond acceptors (Lipinski definition) is 5. The van der Waals surface area contributed by atoms with Gasteiger partial charge in [-0.2, -0.15) is 5.26 Å². The maximum Gasteiger partial charge on any atom is 0.305 e. The highest BCUT2D eigenvalue weighted by atomic mass is 16.5. The van der Waals surface area contributed by atoms with Crippen molar-refractivity contribution in [1.82, 2.24) is 0 Å². The quantitative estimate of drug-likeness (QED) is 0.611. The third-order valence-corrected chi connectivity index (χ3v) is 1.37. The fourth-order valence-electron chi connectivity index (χ4n) is 0.832. The normalized spacial score (nSPS) is 11.2. The first kappa shape index (κ1) is 12.4. The van der Waals surface area contributed by atoms with E-state index in [1.54, 1.807) is 13.0 Å². The van der Waals surface area contributed by atoms with Crippen molar-refractivity contribution in [3.8, 4) is 6.07 Å². The van der Waals surface area contributed by atoms with E-state index >= 15 is 0 Å². The number of rotatable bonds is 5. The van der Waals surface area contributed by atoms with E-state index in [-0.39, 0.29) is 18.8 Å². The zero-order chi connectivity index (χ0) is 11.0. The van der Waals surface area contributed by atoms with Gasteiger partial charge < -0.3 is 9.47 Å². The summed E-state index contributed by atoms with van der Waals surface area (Å²) >= 11 is 0. The molecular formula is C9H13NO4. The molecule has 1 unspecified atom stereocenters. The van der Waals surface area contributed by atoms with Gasteiger partial charge >= 0.3 is 11.9 Å². The van der Waals surface area contributed by atoms with Crippen LogP contribution in [-0.2, 0) is 19.1 Å². The highest BCUT2D eigenvalue weighted by molar-refractivity contribution is 5.69. The van der Waals surface area contributed by atoms with Gasteiger partial charge in [0.05, 0.1) is 13.0 Å². The molecule has 0 spiro atoms. The molecule has 0 fully saturated rings. The number of esters is 2. The summed E-state index contributed by atoms with van der Waals surface area (Å²) in [7, 11) is 0. The van der Waals surface area contributed by atoms with Crippen LogP contribution < -0.4 is 0 Å². The minimum atomic E-state index is -0.864. The second kappa shape index (κ2) is 6.89. The molecule has 0 aliphatic rings. The first-order valence-electron chi connectivity index (χ1n) is 4.32. The van der Waals surface area contributed by atoms with Gasteiger partial charge in [-0.25, -0.2) is 0 Å². The maximum atomic E-state index is 10.9. The number of nitriles is 1. The Kier molecular flexibility index (Phi) is 6.12. The smallest absolute Gasteiger partial charge is 0.305 e. The van der Waals surface area contributed by atoms with E-state index in [2.05, 4.69) is 9.47 Å². The van der Waals surface area contributed by atoms with Gasteiger partial charge in [-0.1, -0.05) is 0 Å². The lowest BCUT2D eigenvalue weighted by atomic mass is 10.2. The van der Waals surface area contributed by atoms with Gasteiger partial charge in [-0.15, -0.1) is 0 Å². The topological polar surface area (TPSA) is 76.4 Å². The monoisotopic (exact) mass is 199 g/mol. The molecular weight excluding hydrogens is 186 g/mol. The van der Waals surface area contributed by atoms with Crippen LogP contribution in [-0.4, -0.2) is 24.6 Å². The molecule has 5 heteroatoms. The molecule has 0 rings (SSSR count). The average molecular weight is 199 g/mol. The van der Waals surface area contributed by atoms with Gasteiger partial charge in [0.2, 0.25) is 0 Å². The number of carbonyl (C=O) groups is 2. The van der Waals surface area contributed by atoms with Gasteiger partial charge in [-0.3, -0.25) is 9.59 Å². The van der Waals surface area contributed by atoms with Crippen LogP contribution in [0.15, 0.2) is 0 Å². The Hall–Kier alpha value is -1.57. The Balaban J connectivity index is 3.79. The summed E-state index contributed by atoms with van der Waals surface area (Å²) < 4.78 is 9.27. The summed E-state index contributed by atoms with van der Waals surface area (Å²) in [6.45, 7) is 3.23. The standard InChI is InChI=1S/C9H13NO4/c1-3-13-9(12)5-4-8(6-10)14-7(2)11/h8H,3-5H2,1-2H3. The van der Waals surface area contributed by atoms with E-state index in [0.717, 1.165) is 0 Å². The molecule has 0 aromatic heterocycles. The van der Waals surface area contributed by atoms with E-state index < -0.39 is 12.1 Å². The molecule has 0 radical (unpaired) electrons. The van der Waals surface area contributed by atoms with E-state index in [1.807, 2.05) is 0 Å². The largest absolute Gasteiger partial charge is 0.466 e. The Morgan fingerprint density at radius 2 is 2.14 bits per heavy atom. The van der Waals surface area contributed by atoms with Crippen molar-refractivity contribution in [1.29, 1.82) is 5.26 Å². The highest BCUT2D eigenvalue weighted by Crippen LogP contribution is 2.03. The molecule has 0 amide bonds. The second-order valence-corrected chi connectivity index (χ2v) is 2.57. The highest BCUT2D eigenvalue weighted by Gasteiger charge is 2.13. The molecule has 0 aromatic rings. The summed E-state index contributed by atoms with van der Waals surface area (Å²) in [6, 6.07) is 1.78. The van der Waals surface area contributed by atoms with Crippen LogP contribution in [0.5, 0.6) is 0 Å². The Bertz CT molecular complexity index is 244. The van der Waals surface area contributed by atoms with E-state index in [1.165, 1.54) is 6.92 Å². The van der Waals surface area contributed by atoms with Crippen LogP contribution >= 0.6 is 0 Å². The summed E-state index contributed by atoms with van der Waals surface area (Å²) in [5.74, 6) is -0.916. The van der Waals surface area contributed by atoms with Crippen molar-refractivity contribution in [3.63, 3.8) is 0 Å². The van der Waals surface area contributed by atoms with Gasteiger partial charge in [0.1, 0.15) is 6.07 Å². The van der Waals surface area contributed by atoms with E-state index in [0.29, 0.717) is 6.61 Å². The summed E-state index contributed by atoms with van der Waals surface area (Å²) in [4.78, 5) is 21.4. The average Bonchev–Trinajstić information content (AvgIpc) is 2.12. The molecule has 1 atom stereocenters. The molecule has 0 heterocycles. The Morgan fingerprint density at radius 3 is 2.57 bits per heavy atom. The molecule has 0 saturated heterocycles. The number of nitrogens with zero attached hydrogens (tertiary/aromatic N) is 1. The van der Waals surface area contributed by atoms with Crippen molar-refractivity contribution in [3.05, 3.63) is 0 Å². The predicted molar refractivity (Wildman–Crippen MR) is 47.0 cm³/mol. The van der Waals surface area contributed by atoms with Crippen LogP contribution in [0.25, 0.3) is 0 Å². The van der Waals surface area contributed by atoms with Crippen LogP contribution in [0.2, 0.25) is 0 Å². The maximum absolute atomic E-state index is 10.9. The Labute approximate surface area is 82.6 Å². The fourth-order valence-corrected chi connectivity index (χ4v) is 0.832. The molecule has 0 N–H and O–H groups in total. The second-order valence-electron chi connectivity index (χ2n) is 2.57. The van der Waals surface area contributed by atoms with Crippen LogP contribution in [0, 0.1) is 11.3 Å². The lowest BCUT2D eigenvalue weighted by Crippen LogP contribution is -2.16. The van der Waals surface area contributed by atoms with Gasteiger partial charge in [-0.05, 0) is 6.92 Å². The molecule has 14 heavy (non-hydrogen) atoms. The van der Waals surface area contributed by atoms with Crippen LogP contribution in [0.1, 0.15) is 26.7 Å².